The Morgan fingerprint density at radius 1 is 1.50 bits per heavy atom. The molecule has 0 saturated heterocycles. The molecule has 0 bridgehead atoms. The molecule has 0 aliphatic carbocycles. The molecule has 0 aliphatic rings. The van der Waals surface area contributed by atoms with Crippen molar-refractivity contribution in [1.82, 2.24) is 10.3 Å². The molecule has 78 valence electrons. The van der Waals surface area contributed by atoms with E-state index >= 15 is 0 Å². The molecule has 0 aliphatic heterocycles. The van der Waals surface area contributed by atoms with E-state index in [1.807, 2.05) is 12.3 Å². The van der Waals surface area contributed by atoms with Gasteiger partial charge in [-0.25, -0.2) is 0 Å². The monoisotopic (exact) mass is 194 g/mol. The normalized spacial score (nSPS) is 12.7. The van der Waals surface area contributed by atoms with E-state index in [1.165, 1.54) is 5.56 Å². The molecule has 14 heavy (non-hydrogen) atoms. The van der Waals surface area contributed by atoms with Crippen molar-refractivity contribution in [1.29, 1.82) is 0 Å². The van der Waals surface area contributed by atoms with E-state index in [4.69, 9.17) is 11.5 Å². The quantitative estimate of drug-likeness (QED) is 0.534. The van der Waals surface area contributed by atoms with Crippen LogP contribution >= 0.6 is 0 Å². The third kappa shape index (κ3) is 4.32. The molecule has 0 fully saturated rings. The summed E-state index contributed by atoms with van der Waals surface area (Å²) in [5, 5.41) is 3.25. The predicted octanol–water partition coefficient (Wildman–Crippen LogP) is -0.500. The minimum absolute atomic E-state index is 0.0592. The Balaban J connectivity index is 2.10. The van der Waals surface area contributed by atoms with E-state index in [2.05, 4.69) is 16.4 Å². The first-order chi connectivity index (χ1) is 6.83. The highest BCUT2D eigenvalue weighted by Gasteiger charge is 1.97. The zero-order valence-corrected chi connectivity index (χ0v) is 8.32. The Labute approximate surface area is 84.7 Å². The van der Waals surface area contributed by atoms with Crippen molar-refractivity contribution in [3.05, 3.63) is 30.1 Å². The average Bonchev–Trinajstić information content (AvgIpc) is 2.25. The van der Waals surface area contributed by atoms with Crippen molar-refractivity contribution in [3.8, 4) is 0 Å². The molecule has 1 atom stereocenters. The maximum Gasteiger partial charge on any atom is 0.0300 e. The van der Waals surface area contributed by atoms with E-state index in [0.717, 1.165) is 19.5 Å². The third-order valence-corrected chi connectivity index (χ3v) is 2.02. The molecule has 0 radical (unpaired) electrons. The van der Waals surface area contributed by atoms with Gasteiger partial charge in [0.05, 0.1) is 0 Å². The van der Waals surface area contributed by atoms with Crippen LogP contribution in [0, 0.1) is 0 Å². The summed E-state index contributed by atoms with van der Waals surface area (Å²) in [6.45, 7) is 2.22. The number of aromatic nitrogens is 1. The lowest BCUT2D eigenvalue weighted by atomic mass is 10.2. The van der Waals surface area contributed by atoms with E-state index in [-0.39, 0.29) is 6.04 Å². The maximum atomic E-state index is 5.65. The Morgan fingerprint density at radius 3 is 3.00 bits per heavy atom. The molecule has 4 nitrogen and oxygen atoms in total. The van der Waals surface area contributed by atoms with Gasteiger partial charge < -0.3 is 16.8 Å². The lowest BCUT2D eigenvalue weighted by Crippen LogP contribution is -2.40. The van der Waals surface area contributed by atoms with Crippen LogP contribution in [0.3, 0.4) is 0 Å². The van der Waals surface area contributed by atoms with Crippen LogP contribution in [0.15, 0.2) is 24.5 Å². The zero-order valence-electron chi connectivity index (χ0n) is 8.32. The smallest absolute Gasteiger partial charge is 0.0300 e. The molecule has 1 aromatic rings. The van der Waals surface area contributed by atoms with Crippen LogP contribution in [0.2, 0.25) is 0 Å². The highest BCUT2D eigenvalue weighted by molar-refractivity contribution is 5.08. The number of hydrogen-bond acceptors (Lipinski definition) is 4. The number of pyridine rings is 1. The van der Waals surface area contributed by atoms with Crippen LogP contribution in [0.4, 0.5) is 0 Å². The number of nitrogens with one attached hydrogen (secondary N) is 1. The molecule has 1 heterocycles. The van der Waals surface area contributed by atoms with Crippen LogP contribution in [0.1, 0.15) is 5.56 Å². The van der Waals surface area contributed by atoms with Crippen LogP contribution in [-0.4, -0.2) is 30.7 Å². The summed E-state index contributed by atoms with van der Waals surface area (Å²) < 4.78 is 0. The molecule has 5 N–H and O–H groups in total. The number of rotatable bonds is 6. The van der Waals surface area contributed by atoms with Gasteiger partial charge in [-0.3, -0.25) is 4.98 Å². The van der Waals surface area contributed by atoms with Crippen molar-refractivity contribution >= 4 is 0 Å². The molecule has 1 rings (SSSR count). The molecular formula is C10H18N4. The van der Waals surface area contributed by atoms with Crippen LogP contribution in [-0.2, 0) is 6.42 Å². The fraction of sp³-hybridized carbons (Fsp3) is 0.500. The summed E-state index contributed by atoms with van der Waals surface area (Å²) in [6.07, 6.45) is 4.64. The number of nitrogens with two attached hydrogens (primary N) is 2. The lowest BCUT2D eigenvalue weighted by Gasteiger charge is -2.09. The summed E-state index contributed by atoms with van der Waals surface area (Å²) >= 11 is 0. The van der Waals surface area contributed by atoms with E-state index in [9.17, 15) is 0 Å². The van der Waals surface area contributed by atoms with Gasteiger partial charge in [-0.15, -0.1) is 0 Å². The molecule has 4 heteroatoms. The van der Waals surface area contributed by atoms with Gasteiger partial charge in [0.2, 0.25) is 0 Å². The van der Waals surface area contributed by atoms with E-state index in [1.54, 1.807) is 6.20 Å². The van der Waals surface area contributed by atoms with Gasteiger partial charge in [-0.05, 0) is 24.6 Å². The summed E-state index contributed by atoms with van der Waals surface area (Å²) in [6, 6.07) is 4.07. The van der Waals surface area contributed by atoms with Gasteiger partial charge in [0.1, 0.15) is 0 Å². The molecule has 0 spiro atoms. The minimum Gasteiger partial charge on any atom is -0.329 e. The van der Waals surface area contributed by atoms with Crippen LogP contribution in [0.5, 0.6) is 0 Å². The minimum atomic E-state index is 0.0592. The predicted molar refractivity (Wildman–Crippen MR) is 57.8 cm³/mol. The molecular weight excluding hydrogens is 176 g/mol. The van der Waals surface area contributed by atoms with Crippen molar-refractivity contribution in [3.63, 3.8) is 0 Å². The van der Waals surface area contributed by atoms with Gasteiger partial charge in [0.25, 0.3) is 0 Å². The summed E-state index contributed by atoms with van der Waals surface area (Å²) in [5.41, 5.74) is 12.3. The van der Waals surface area contributed by atoms with Gasteiger partial charge in [0, 0.05) is 31.5 Å². The van der Waals surface area contributed by atoms with Crippen molar-refractivity contribution < 1.29 is 0 Å². The maximum absolute atomic E-state index is 5.65. The lowest BCUT2D eigenvalue weighted by molar-refractivity contribution is 0.583. The summed E-state index contributed by atoms with van der Waals surface area (Å²) in [5.74, 6) is 0. The second-order valence-electron chi connectivity index (χ2n) is 3.31. The van der Waals surface area contributed by atoms with Gasteiger partial charge in [0.15, 0.2) is 0 Å². The van der Waals surface area contributed by atoms with Crippen LogP contribution in [0.25, 0.3) is 0 Å². The first-order valence-electron chi connectivity index (χ1n) is 4.88. The molecule has 1 unspecified atom stereocenters. The summed E-state index contributed by atoms with van der Waals surface area (Å²) in [4.78, 5) is 4.04. The standard InChI is InChI=1S/C10H18N4/c11-6-10(12)8-14-5-3-9-2-1-4-13-7-9/h1-2,4,7,10,14H,3,5-6,8,11-12H2. The summed E-state index contributed by atoms with van der Waals surface area (Å²) in [7, 11) is 0. The molecule has 0 saturated carbocycles. The average molecular weight is 194 g/mol. The Kier molecular flexibility index (Phi) is 5.14. The Morgan fingerprint density at radius 2 is 2.36 bits per heavy atom. The first-order valence-corrected chi connectivity index (χ1v) is 4.88. The van der Waals surface area contributed by atoms with E-state index in [0.29, 0.717) is 6.54 Å². The fourth-order valence-electron chi connectivity index (χ4n) is 1.15. The third-order valence-electron chi connectivity index (χ3n) is 2.02. The van der Waals surface area contributed by atoms with Crippen molar-refractivity contribution in [2.45, 2.75) is 12.5 Å². The fourth-order valence-corrected chi connectivity index (χ4v) is 1.15. The van der Waals surface area contributed by atoms with Gasteiger partial charge >= 0.3 is 0 Å². The van der Waals surface area contributed by atoms with Crippen molar-refractivity contribution in [2.75, 3.05) is 19.6 Å². The number of nitrogens with zero attached hydrogens (tertiary/aromatic N) is 1. The second-order valence-corrected chi connectivity index (χ2v) is 3.31. The second kappa shape index (κ2) is 6.48. The largest absolute Gasteiger partial charge is 0.329 e. The van der Waals surface area contributed by atoms with Gasteiger partial charge in [-0.1, -0.05) is 6.07 Å². The van der Waals surface area contributed by atoms with Gasteiger partial charge in [-0.2, -0.15) is 0 Å². The number of hydrogen-bond donors (Lipinski definition) is 3. The molecule has 0 aromatic carbocycles. The van der Waals surface area contributed by atoms with Crippen LogP contribution < -0.4 is 16.8 Å². The first kappa shape index (κ1) is 11.1. The molecule has 0 amide bonds. The topological polar surface area (TPSA) is 77.0 Å². The van der Waals surface area contributed by atoms with Crippen molar-refractivity contribution in [2.24, 2.45) is 11.5 Å². The van der Waals surface area contributed by atoms with E-state index < -0.39 is 0 Å². The highest BCUT2D eigenvalue weighted by atomic mass is 14.9. The Hall–Kier alpha value is -0.970. The Bertz CT molecular complexity index is 237. The molecule has 1 aromatic heterocycles. The highest BCUT2D eigenvalue weighted by Crippen LogP contribution is 1.94. The zero-order chi connectivity index (χ0) is 10.2. The SMILES string of the molecule is NCC(N)CNCCc1cccnc1.